The van der Waals surface area contributed by atoms with E-state index in [-0.39, 0.29) is 23.3 Å². The number of carbonyl (C=O) groups is 1. The molecule has 3 rings (SSSR count). The molecule has 7 heteroatoms. The van der Waals surface area contributed by atoms with Crippen molar-refractivity contribution < 1.29 is 9.53 Å². The third kappa shape index (κ3) is 1.69. The first-order valence-corrected chi connectivity index (χ1v) is 7.01. The molecule has 1 aromatic rings. The molecule has 0 radical (unpaired) electrons. The predicted octanol–water partition coefficient (Wildman–Crippen LogP) is -0.394. The third-order valence-corrected chi connectivity index (χ3v) is 4.94. The molecule has 1 saturated heterocycles. The van der Waals surface area contributed by atoms with Crippen LogP contribution in [0, 0.1) is 11.3 Å². The molecule has 1 amide bonds. The molecule has 1 aliphatic heterocycles. The number of ether oxygens (including phenoxy) is 1. The SMILES string of the molecule is CC1(C)C2OCCC2C1(N)C(=O)NCCc1ncn[nH]1. The number of nitrogens with two attached hydrogens (primary N) is 1. The number of rotatable bonds is 4. The molecule has 1 aromatic heterocycles. The van der Waals surface area contributed by atoms with Gasteiger partial charge in [-0.15, -0.1) is 0 Å². The highest BCUT2D eigenvalue weighted by atomic mass is 16.5. The lowest BCUT2D eigenvalue weighted by Crippen LogP contribution is -2.80. The Morgan fingerprint density at radius 3 is 3.15 bits per heavy atom. The molecule has 110 valence electrons. The molecule has 3 unspecified atom stereocenters. The summed E-state index contributed by atoms with van der Waals surface area (Å²) >= 11 is 0. The fourth-order valence-corrected chi connectivity index (χ4v) is 3.64. The van der Waals surface area contributed by atoms with Crippen LogP contribution in [-0.4, -0.2) is 45.9 Å². The van der Waals surface area contributed by atoms with Gasteiger partial charge in [0, 0.05) is 30.9 Å². The molecule has 0 aromatic carbocycles. The van der Waals surface area contributed by atoms with Crippen LogP contribution < -0.4 is 11.1 Å². The number of fused-ring (bicyclic) bond motifs is 1. The number of amides is 1. The van der Waals surface area contributed by atoms with Gasteiger partial charge in [0.15, 0.2) is 0 Å². The highest BCUT2D eigenvalue weighted by Gasteiger charge is 2.71. The minimum absolute atomic E-state index is 0.0891. The molecular weight excluding hydrogens is 258 g/mol. The fourth-order valence-electron chi connectivity index (χ4n) is 3.64. The van der Waals surface area contributed by atoms with Gasteiger partial charge in [0.25, 0.3) is 0 Å². The van der Waals surface area contributed by atoms with Gasteiger partial charge in [0.2, 0.25) is 5.91 Å². The lowest BCUT2D eigenvalue weighted by atomic mass is 9.48. The van der Waals surface area contributed by atoms with Gasteiger partial charge in [-0.3, -0.25) is 9.89 Å². The predicted molar refractivity (Wildman–Crippen MR) is 71.6 cm³/mol. The molecule has 2 fully saturated rings. The van der Waals surface area contributed by atoms with Crippen molar-refractivity contribution in [2.75, 3.05) is 13.2 Å². The Balaban J connectivity index is 1.61. The van der Waals surface area contributed by atoms with Gasteiger partial charge >= 0.3 is 0 Å². The number of aromatic nitrogens is 3. The number of nitrogens with one attached hydrogen (secondary N) is 2. The van der Waals surface area contributed by atoms with Gasteiger partial charge in [-0.2, -0.15) is 5.10 Å². The van der Waals surface area contributed by atoms with Gasteiger partial charge in [-0.25, -0.2) is 4.98 Å². The van der Waals surface area contributed by atoms with Gasteiger partial charge in [0.1, 0.15) is 17.7 Å². The molecule has 0 bridgehead atoms. The van der Waals surface area contributed by atoms with Gasteiger partial charge in [0.05, 0.1) is 6.10 Å². The summed E-state index contributed by atoms with van der Waals surface area (Å²) in [6, 6.07) is 0. The van der Waals surface area contributed by atoms with Crippen molar-refractivity contribution in [1.82, 2.24) is 20.5 Å². The van der Waals surface area contributed by atoms with Gasteiger partial charge in [-0.05, 0) is 6.42 Å². The third-order valence-electron chi connectivity index (χ3n) is 4.94. The molecule has 0 spiro atoms. The maximum Gasteiger partial charge on any atom is 0.241 e. The van der Waals surface area contributed by atoms with Crippen molar-refractivity contribution in [2.45, 2.75) is 38.3 Å². The first kappa shape index (κ1) is 13.5. The molecule has 1 aliphatic carbocycles. The lowest BCUT2D eigenvalue weighted by molar-refractivity contribution is -0.175. The van der Waals surface area contributed by atoms with Crippen LogP contribution in [0.1, 0.15) is 26.1 Å². The second-order valence-corrected chi connectivity index (χ2v) is 6.22. The number of carbonyl (C=O) groups excluding carboxylic acids is 1. The van der Waals surface area contributed by atoms with E-state index in [1.165, 1.54) is 6.33 Å². The molecule has 20 heavy (non-hydrogen) atoms. The number of aromatic amines is 1. The molecule has 4 N–H and O–H groups in total. The van der Waals surface area contributed by atoms with Crippen LogP contribution in [-0.2, 0) is 16.0 Å². The minimum atomic E-state index is -0.838. The number of hydrogen-bond acceptors (Lipinski definition) is 5. The maximum atomic E-state index is 12.5. The zero-order valence-electron chi connectivity index (χ0n) is 11.8. The lowest BCUT2D eigenvalue weighted by Gasteiger charge is -2.60. The van der Waals surface area contributed by atoms with E-state index in [4.69, 9.17) is 10.5 Å². The van der Waals surface area contributed by atoms with Crippen LogP contribution in [0.25, 0.3) is 0 Å². The van der Waals surface area contributed by atoms with E-state index in [2.05, 4.69) is 20.5 Å². The summed E-state index contributed by atoms with van der Waals surface area (Å²) in [7, 11) is 0. The van der Waals surface area contributed by atoms with Gasteiger partial charge in [-0.1, -0.05) is 13.8 Å². The monoisotopic (exact) mass is 279 g/mol. The van der Waals surface area contributed by atoms with Crippen molar-refractivity contribution in [3.8, 4) is 0 Å². The van der Waals surface area contributed by atoms with Crippen LogP contribution in [0.3, 0.4) is 0 Å². The van der Waals surface area contributed by atoms with Crippen LogP contribution in [0.5, 0.6) is 0 Å². The number of nitrogens with zero attached hydrogens (tertiary/aromatic N) is 2. The number of H-pyrrole nitrogens is 1. The first-order valence-electron chi connectivity index (χ1n) is 7.01. The minimum Gasteiger partial charge on any atom is -0.377 e. The van der Waals surface area contributed by atoms with Crippen molar-refractivity contribution in [1.29, 1.82) is 0 Å². The van der Waals surface area contributed by atoms with Crippen LogP contribution >= 0.6 is 0 Å². The number of hydrogen-bond donors (Lipinski definition) is 3. The molecule has 3 atom stereocenters. The van der Waals surface area contributed by atoms with E-state index in [0.717, 1.165) is 12.2 Å². The summed E-state index contributed by atoms with van der Waals surface area (Å²) in [5.74, 6) is 0.794. The van der Waals surface area contributed by atoms with E-state index < -0.39 is 5.54 Å². The van der Waals surface area contributed by atoms with E-state index in [9.17, 15) is 4.79 Å². The average Bonchev–Trinajstić information content (AvgIpc) is 3.07. The summed E-state index contributed by atoms with van der Waals surface area (Å²) in [5, 5.41) is 9.46. The second-order valence-electron chi connectivity index (χ2n) is 6.22. The van der Waals surface area contributed by atoms with Crippen molar-refractivity contribution >= 4 is 5.91 Å². The van der Waals surface area contributed by atoms with Crippen molar-refractivity contribution in [3.05, 3.63) is 12.2 Å². The van der Waals surface area contributed by atoms with Crippen molar-refractivity contribution in [3.63, 3.8) is 0 Å². The highest BCUT2D eigenvalue weighted by molar-refractivity contribution is 5.89. The van der Waals surface area contributed by atoms with E-state index in [1.807, 2.05) is 13.8 Å². The largest absolute Gasteiger partial charge is 0.377 e. The molecule has 7 nitrogen and oxygen atoms in total. The first-order chi connectivity index (χ1) is 9.48. The summed E-state index contributed by atoms with van der Waals surface area (Å²) < 4.78 is 5.69. The Morgan fingerprint density at radius 1 is 1.65 bits per heavy atom. The van der Waals surface area contributed by atoms with Crippen molar-refractivity contribution in [2.24, 2.45) is 17.1 Å². The Morgan fingerprint density at radius 2 is 2.45 bits per heavy atom. The molecule has 2 aliphatic rings. The van der Waals surface area contributed by atoms with E-state index in [0.29, 0.717) is 19.6 Å². The second kappa shape index (κ2) is 4.53. The topological polar surface area (TPSA) is 106 Å². The zero-order chi connectivity index (χ0) is 14.4. The summed E-state index contributed by atoms with van der Waals surface area (Å²) in [6.45, 7) is 5.22. The van der Waals surface area contributed by atoms with E-state index >= 15 is 0 Å². The van der Waals surface area contributed by atoms with E-state index in [1.54, 1.807) is 0 Å². The fraction of sp³-hybridized carbons (Fsp3) is 0.769. The van der Waals surface area contributed by atoms with Crippen LogP contribution in [0.15, 0.2) is 6.33 Å². The molecule has 2 heterocycles. The Labute approximate surface area is 117 Å². The standard InChI is InChI=1S/C13H21N5O2/c1-12(2)10-8(4-6-20-10)13(12,14)11(19)15-5-3-9-16-7-17-18-9/h7-8,10H,3-6,14H2,1-2H3,(H,15,19)(H,16,17,18). The summed E-state index contributed by atoms with van der Waals surface area (Å²) in [4.78, 5) is 16.5. The Kier molecular flexibility index (Phi) is 3.06. The maximum absolute atomic E-state index is 12.5. The van der Waals surface area contributed by atoms with Crippen LogP contribution in [0.4, 0.5) is 0 Å². The zero-order valence-corrected chi connectivity index (χ0v) is 11.8. The van der Waals surface area contributed by atoms with Gasteiger partial charge < -0.3 is 15.8 Å². The summed E-state index contributed by atoms with van der Waals surface area (Å²) in [5.41, 5.74) is 5.27. The summed E-state index contributed by atoms with van der Waals surface area (Å²) in [6.07, 6.45) is 3.04. The Bertz CT molecular complexity index is 501. The Hall–Kier alpha value is -1.47. The molecular formula is C13H21N5O2. The normalized spacial score (nSPS) is 34.4. The quantitative estimate of drug-likeness (QED) is 0.696. The molecule has 1 saturated carbocycles. The highest BCUT2D eigenvalue weighted by Crippen LogP contribution is 2.58. The van der Waals surface area contributed by atoms with Crippen LogP contribution in [0.2, 0.25) is 0 Å². The smallest absolute Gasteiger partial charge is 0.241 e. The average molecular weight is 279 g/mol.